The predicted molar refractivity (Wildman–Crippen MR) is 90.2 cm³/mol. The third kappa shape index (κ3) is 2.08. The number of hydrogen-bond acceptors (Lipinski definition) is 1. The van der Waals surface area contributed by atoms with Crippen LogP contribution in [0.15, 0.2) is 78.9 Å². The summed E-state index contributed by atoms with van der Waals surface area (Å²) in [6.07, 6.45) is 0. The van der Waals surface area contributed by atoms with Gasteiger partial charge in [0.1, 0.15) is 0 Å². The summed E-state index contributed by atoms with van der Waals surface area (Å²) in [5, 5.41) is 4.43. The Bertz CT molecular complexity index is 984. The predicted octanol–water partition coefficient (Wildman–Crippen LogP) is 5.02. The van der Waals surface area contributed by atoms with Gasteiger partial charge in [-0.15, -0.1) is 0 Å². The molecule has 0 atom stereocenters. The maximum atomic E-state index is 12.8. The van der Waals surface area contributed by atoms with Crippen LogP contribution in [0.4, 0.5) is 0 Å². The first kappa shape index (κ1) is 12.8. The summed E-state index contributed by atoms with van der Waals surface area (Å²) in [6, 6.07) is 28.5. The lowest BCUT2D eigenvalue weighted by Gasteiger charge is -2.08. The maximum absolute atomic E-state index is 12.8. The molecule has 0 amide bonds. The van der Waals surface area contributed by atoms with Crippen molar-refractivity contribution in [1.82, 2.24) is 0 Å². The Morgan fingerprint density at radius 1 is 0.727 bits per heavy atom. The first-order valence-electron chi connectivity index (χ1n) is 7.25. The van der Waals surface area contributed by atoms with E-state index in [-0.39, 0.29) is 5.78 Å². The largest absolute Gasteiger partial charge is 0.289 e. The van der Waals surface area contributed by atoms with E-state index in [1.165, 1.54) is 5.39 Å². The van der Waals surface area contributed by atoms with Gasteiger partial charge in [-0.3, -0.25) is 4.79 Å². The van der Waals surface area contributed by atoms with Gasteiger partial charge < -0.3 is 0 Å². The molecule has 22 heavy (non-hydrogen) atoms. The highest BCUT2D eigenvalue weighted by Gasteiger charge is 2.12. The van der Waals surface area contributed by atoms with E-state index in [0.717, 1.165) is 21.7 Å². The summed E-state index contributed by atoms with van der Waals surface area (Å²) in [5.74, 6) is 0.0508. The molecule has 4 aromatic carbocycles. The molecule has 1 nitrogen and oxygen atoms in total. The van der Waals surface area contributed by atoms with E-state index < -0.39 is 0 Å². The standard InChI is InChI=1S/C21H13O/c22-21(15-7-2-1-3-8-15)19-12-6-11-18-13-16-9-4-5-10-17(16)14-20(18)19/h2-14H. The maximum Gasteiger partial charge on any atom is 0.193 e. The van der Waals surface area contributed by atoms with Gasteiger partial charge in [0.15, 0.2) is 5.78 Å². The van der Waals surface area contributed by atoms with Crippen molar-refractivity contribution in [2.45, 2.75) is 0 Å². The number of fused-ring (bicyclic) bond motifs is 2. The molecular weight excluding hydrogens is 268 g/mol. The summed E-state index contributed by atoms with van der Waals surface area (Å²) in [6.45, 7) is 0. The molecule has 1 heteroatoms. The van der Waals surface area contributed by atoms with Crippen molar-refractivity contribution in [3.8, 4) is 0 Å². The Kier molecular flexibility index (Phi) is 2.97. The Hall–Kier alpha value is -2.93. The second kappa shape index (κ2) is 5.12. The molecule has 0 saturated heterocycles. The molecule has 4 aromatic rings. The molecule has 0 saturated carbocycles. The highest BCUT2D eigenvalue weighted by atomic mass is 16.1. The third-order valence-corrected chi connectivity index (χ3v) is 3.97. The SMILES string of the molecule is O=C(c1cc[c]cc1)c1cccc2cc3ccccc3cc12. The lowest BCUT2D eigenvalue weighted by molar-refractivity contribution is 0.104. The minimum Gasteiger partial charge on any atom is -0.289 e. The molecule has 0 fully saturated rings. The first-order chi connectivity index (χ1) is 10.8. The summed E-state index contributed by atoms with van der Waals surface area (Å²) in [7, 11) is 0. The van der Waals surface area contributed by atoms with Gasteiger partial charge in [0, 0.05) is 11.1 Å². The zero-order valence-electron chi connectivity index (χ0n) is 11.9. The number of ketones is 1. The fourth-order valence-corrected chi connectivity index (χ4v) is 2.86. The molecule has 4 rings (SSSR count). The summed E-state index contributed by atoms with van der Waals surface area (Å²) in [4.78, 5) is 12.8. The average molecular weight is 281 g/mol. The monoisotopic (exact) mass is 281 g/mol. The molecule has 0 spiro atoms. The number of carbonyl (C=O) groups is 1. The molecule has 103 valence electrons. The molecule has 0 bridgehead atoms. The summed E-state index contributed by atoms with van der Waals surface area (Å²) < 4.78 is 0. The molecule has 1 radical (unpaired) electrons. The Morgan fingerprint density at radius 2 is 1.41 bits per heavy atom. The van der Waals surface area contributed by atoms with Crippen LogP contribution in [-0.2, 0) is 0 Å². The fraction of sp³-hybridized carbons (Fsp3) is 0. The Labute approximate surface area is 128 Å². The minimum absolute atomic E-state index is 0.0508. The van der Waals surface area contributed by atoms with Crippen molar-refractivity contribution in [3.63, 3.8) is 0 Å². The second-order valence-corrected chi connectivity index (χ2v) is 5.34. The molecule has 0 aromatic heterocycles. The van der Waals surface area contributed by atoms with Gasteiger partial charge in [-0.1, -0.05) is 66.7 Å². The normalized spacial score (nSPS) is 10.9. The Morgan fingerprint density at radius 3 is 2.18 bits per heavy atom. The van der Waals surface area contributed by atoms with E-state index in [0.29, 0.717) is 5.56 Å². The second-order valence-electron chi connectivity index (χ2n) is 5.34. The van der Waals surface area contributed by atoms with Gasteiger partial charge >= 0.3 is 0 Å². The number of hydrogen-bond donors (Lipinski definition) is 0. The van der Waals surface area contributed by atoms with Crippen LogP contribution in [-0.4, -0.2) is 5.78 Å². The van der Waals surface area contributed by atoms with Crippen LogP contribution >= 0.6 is 0 Å². The molecule has 0 N–H and O–H groups in total. The van der Waals surface area contributed by atoms with Gasteiger partial charge in [-0.25, -0.2) is 0 Å². The quantitative estimate of drug-likeness (QED) is 0.372. The van der Waals surface area contributed by atoms with Crippen molar-refractivity contribution in [1.29, 1.82) is 0 Å². The van der Waals surface area contributed by atoms with Crippen LogP contribution in [0.2, 0.25) is 0 Å². The van der Waals surface area contributed by atoms with Crippen LogP contribution in [0.3, 0.4) is 0 Å². The van der Waals surface area contributed by atoms with E-state index in [9.17, 15) is 4.79 Å². The van der Waals surface area contributed by atoms with Gasteiger partial charge in [0.05, 0.1) is 0 Å². The van der Waals surface area contributed by atoms with E-state index in [1.54, 1.807) is 12.1 Å². The smallest absolute Gasteiger partial charge is 0.193 e. The number of carbonyl (C=O) groups excluding carboxylic acids is 1. The topological polar surface area (TPSA) is 17.1 Å². The van der Waals surface area contributed by atoms with Gasteiger partial charge in [0.25, 0.3) is 0 Å². The number of rotatable bonds is 2. The van der Waals surface area contributed by atoms with E-state index in [4.69, 9.17) is 0 Å². The third-order valence-electron chi connectivity index (χ3n) is 3.97. The molecule has 0 heterocycles. The van der Waals surface area contributed by atoms with Gasteiger partial charge in [-0.2, -0.15) is 0 Å². The van der Waals surface area contributed by atoms with Crippen LogP contribution in [0.25, 0.3) is 21.5 Å². The lowest BCUT2D eigenvalue weighted by Crippen LogP contribution is -2.01. The average Bonchev–Trinajstić information content (AvgIpc) is 2.59. The highest BCUT2D eigenvalue weighted by Crippen LogP contribution is 2.26. The molecular formula is C21H13O. The molecule has 0 unspecified atom stereocenters. The Balaban J connectivity index is 1.98. The summed E-state index contributed by atoms with van der Waals surface area (Å²) >= 11 is 0. The van der Waals surface area contributed by atoms with E-state index in [1.807, 2.05) is 36.4 Å². The van der Waals surface area contributed by atoms with Crippen molar-refractivity contribution in [2.24, 2.45) is 0 Å². The zero-order valence-corrected chi connectivity index (χ0v) is 11.9. The zero-order chi connectivity index (χ0) is 14.9. The van der Waals surface area contributed by atoms with Crippen LogP contribution in [0.1, 0.15) is 15.9 Å². The van der Waals surface area contributed by atoms with Crippen LogP contribution < -0.4 is 0 Å². The van der Waals surface area contributed by atoms with E-state index >= 15 is 0 Å². The van der Waals surface area contributed by atoms with E-state index in [2.05, 4.69) is 36.4 Å². The molecule has 0 aliphatic rings. The van der Waals surface area contributed by atoms with Crippen molar-refractivity contribution in [3.05, 3.63) is 96.1 Å². The summed E-state index contributed by atoms with van der Waals surface area (Å²) in [5.41, 5.74) is 1.44. The van der Waals surface area contributed by atoms with Gasteiger partial charge in [0.2, 0.25) is 0 Å². The van der Waals surface area contributed by atoms with Crippen LogP contribution in [0.5, 0.6) is 0 Å². The van der Waals surface area contributed by atoms with Crippen molar-refractivity contribution < 1.29 is 4.79 Å². The molecule has 0 aliphatic heterocycles. The fourth-order valence-electron chi connectivity index (χ4n) is 2.86. The lowest BCUT2D eigenvalue weighted by atomic mass is 9.95. The van der Waals surface area contributed by atoms with Crippen molar-refractivity contribution in [2.75, 3.05) is 0 Å². The minimum atomic E-state index is 0.0508. The van der Waals surface area contributed by atoms with Gasteiger partial charge in [-0.05, 0) is 39.7 Å². The molecule has 0 aliphatic carbocycles. The van der Waals surface area contributed by atoms with Crippen molar-refractivity contribution >= 4 is 27.3 Å². The number of benzene rings is 4. The first-order valence-corrected chi connectivity index (χ1v) is 7.25. The van der Waals surface area contributed by atoms with Crippen LogP contribution in [0, 0.1) is 6.07 Å². The highest BCUT2D eigenvalue weighted by molar-refractivity contribution is 6.17.